The van der Waals surface area contributed by atoms with Gasteiger partial charge in [0, 0.05) is 31.2 Å². The van der Waals surface area contributed by atoms with Gasteiger partial charge in [0.25, 0.3) is 0 Å². The summed E-state index contributed by atoms with van der Waals surface area (Å²) in [5.41, 5.74) is 0.543. The summed E-state index contributed by atoms with van der Waals surface area (Å²) in [5, 5.41) is 2.99. The van der Waals surface area contributed by atoms with Crippen LogP contribution in [0.2, 0.25) is 0 Å². The van der Waals surface area contributed by atoms with Crippen LogP contribution in [-0.2, 0) is 4.79 Å². The number of hydrogen-bond donors (Lipinski definition) is 1. The zero-order valence-electron chi connectivity index (χ0n) is 14.0. The van der Waals surface area contributed by atoms with Crippen LogP contribution in [0.5, 0.6) is 0 Å². The number of halogens is 1. The molecule has 24 heavy (non-hydrogen) atoms. The molecule has 5 nitrogen and oxygen atoms in total. The normalized spacial score (nSPS) is 24.3. The molecular weight excluding hydrogens is 309 g/mol. The Morgan fingerprint density at radius 2 is 2.21 bits per heavy atom. The number of piperidine rings is 1. The molecule has 1 aromatic carbocycles. The molecule has 2 atom stereocenters. The van der Waals surface area contributed by atoms with Gasteiger partial charge in [-0.25, -0.2) is 9.18 Å². The number of likely N-dealkylation sites (tertiary alicyclic amines) is 1. The van der Waals surface area contributed by atoms with Gasteiger partial charge in [-0.05, 0) is 43.9 Å². The van der Waals surface area contributed by atoms with Crippen LogP contribution in [0.3, 0.4) is 0 Å². The first-order valence-electron chi connectivity index (χ1n) is 8.71. The van der Waals surface area contributed by atoms with Gasteiger partial charge >= 0.3 is 6.03 Å². The first-order valence-corrected chi connectivity index (χ1v) is 8.71. The van der Waals surface area contributed by atoms with Crippen molar-refractivity contribution in [2.45, 2.75) is 51.1 Å². The van der Waals surface area contributed by atoms with Gasteiger partial charge in [0.05, 0.1) is 6.04 Å². The molecule has 0 unspecified atom stereocenters. The van der Waals surface area contributed by atoms with Gasteiger partial charge in [-0.3, -0.25) is 4.79 Å². The van der Waals surface area contributed by atoms with E-state index in [0.717, 1.165) is 32.2 Å². The first kappa shape index (κ1) is 16.7. The van der Waals surface area contributed by atoms with Crippen molar-refractivity contribution in [2.75, 3.05) is 18.0 Å². The molecule has 0 radical (unpaired) electrons. The predicted octanol–water partition coefficient (Wildman–Crippen LogP) is 2.91. The fraction of sp³-hybridized carbons (Fsp3) is 0.556. The zero-order chi connectivity index (χ0) is 17.1. The van der Waals surface area contributed by atoms with E-state index in [1.807, 2.05) is 4.90 Å². The minimum atomic E-state index is -0.369. The van der Waals surface area contributed by atoms with Gasteiger partial charge in [-0.1, -0.05) is 13.0 Å². The third-order valence-corrected chi connectivity index (χ3v) is 4.93. The van der Waals surface area contributed by atoms with Crippen molar-refractivity contribution in [1.82, 2.24) is 10.2 Å². The summed E-state index contributed by atoms with van der Waals surface area (Å²) in [7, 11) is 0. The Morgan fingerprint density at radius 3 is 2.96 bits per heavy atom. The Hall–Kier alpha value is -2.11. The highest BCUT2D eigenvalue weighted by molar-refractivity contribution is 5.96. The Bertz CT molecular complexity index is 622. The Morgan fingerprint density at radius 1 is 1.38 bits per heavy atom. The number of urea groups is 1. The largest absolute Gasteiger partial charge is 0.333 e. The van der Waals surface area contributed by atoms with E-state index in [1.165, 1.54) is 12.1 Å². The molecule has 1 N–H and O–H groups in total. The number of carbonyl (C=O) groups is 2. The quantitative estimate of drug-likeness (QED) is 0.925. The van der Waals surface area contributed by atoms with Crippen LogP contribution >= 0.6 is 0 Å². The van der Waals surface area contributed by atoms with Gasteiger partial charge in [0.15, 0.2) is 0 Å². The van der Waals surface area contributed by atoms with Crippen LogP contribution in [-0.4, -0.2) is 42.0 Å². The average Bonchev–Trinajstić information content (AvgIpc) is 2.95. The molecule has 130 valence electrons. The number of rotatable bonds is 3. The maximum Gasteiger partial charge on any atom is 0.317 e. The Kier molecular flexibility index (Phi) is 5.02. The second kappa shape index (κ2) is 7.20. The minimum Gasteiger partial charge on any atom is -0.333 e. The number of carbonyl (C=O) groups excluding carboxylic acids is 2. The van der Waals surface area contributed by atoms with Crippen molar-refractivity contribution < 1.29 is 14.0 Å². The third-order valence-electron chi connectivity index (χ3n) is 4.93. The van der Waals surface area contributed by atoms with E-state index < -0.39 is 0 Å². The van der Waals surface area contributed by atoms with Crippen LogP contribution in [0.25, 0.3) is 0 Å². The molecule has 1 aromatic rings. The van der Waals surface area contributed by atoms with Gasteiger partial charge in [-0.2, -0.15) is 0 Å². The maximum atomic E-state index is 13.4. The van der Waals surface area contributed by atoms with Crippen LogP contribution in [0.4, 0.5) is 14.9 Å². The van der Waals surface area contributed by atoms with E-state index in [1.54, 1.807) is 17.0 Å². The van der Waals surface area contributed by atoms with Crippen molar-refractivity contribution in [2.24, 2.45) is 0 Å². The molecule has 2 aliphatic rings. The number of hydrogen-bond acceptors (Lipinski definition) is 2. The van der Waals surface area contributed by atoms with Crippen molar-refractivity contribution in [1.29, 1.82) is 0 Å². The summed E-state index contributed by atoms with van der Waals surface area (Å²) in [4.78, 5) is 28.2. The van der Waals surface area contributed by atoms with E-state index in [-0.39, 0.29) is 36.3 Å². The van der Waals surface area contributed by atoms with Crippen LogP contribution in [0.15, 0.2) is 24.3 Å². The van der Waals surface area contributed by atoms with E-state index >= 15 is 0 Å². The molecule has 3 rings (SSSR count). The van der Waals surface area contributed by atoms with Gasteiger partial charge in [-0.15, -0.1) is 0 Å². The number of benzene rings is 1. The van der Waals surface area contributed by atoms with Crippen molar-refractivity contribution >= 4 is 17.6 Å². The molecule has 3 amide bonds. The molecule has 0 aromatic heterocycles. The lowest BCUT2D eigenvalue weighted by Crippen LogP contribution is -2.51. The standard InChI is InChI=1S/C18H24FN3O2/c1-2-15-7-3-4-9-21(15)18(24)20-14-11-17(23)22(12-14)16-8-5-6-13(19)10-16/h5-6,8,10,14-15H,2-4,7,9,11-12H2,1H3,(H,20,24)/t14-,15+/m0/s1. The molecule has 2 saturated heterocycles. The van der Waals surface area contributed by atoms with Crippen molar-refractivity contribution in [3.63, 3.8) is 0 Å². The van der Waals surface area contributed by atoms with Gasteiger partial charge < -0.3 is 15.1 Å². The number of nitrogens with one attached hydrogen (secondary N) is 1. The summed E-state index contributed by atoms with van der Waals surface area (Å²) < 4.78 is 13.4. The smallest absolute Gasteiger partial charge is 0.317 e. The van der Waals surface area contributed by atoms with E-state index in [0.29, 0.717) is 12.2 Å². The number of anilines is 1. The second-order valence-corrected chi connectivity index (χ2v) is 6.59. The summed E-state index contributed by atoms with van der Waals surface area (Å²) in [6.45, 7) is 3.26. The summed E-state index contributed by atoms with van der Waals surface area (Å²) >= 11 is 0. The topological polar surface area (TPSA) is 52.7 Å². The minimum absolute atomic E-state index is 0.0829. The van der Waals surface area contributed by atoms with Crippen molar-refractivity contribution in [3.8, 4) is 0 Å². The van der Waals surface area contributed by atoms with E-state index in [9.17, 15) is 14.0 Å². The second-order valence-electron chi connectivity index (χ2n) is 6.59. The summed E-state index contributed by atoms with van der Waals surface area (Å²) in [6, 6.07) is 5.97. The monoisotopic (exact) mass is 333 g/mol. The molecule has 0 aliphatic carbocycles. The van der Waals surface area contributed by atoms with Crippen LogP contribution in [0.1, 0.15) is 39.0 Å². The number of nitrogens with zero attached hydrogens (tertiary/aromatic N) is 2. The fourth-order valence-electron chi connectivity index (χ4n) is 3.65. The van der Waals surface area contributed by atoms with Gasteiger partial charge in [0.1, 0.15) is 5.82 Å². The Labute approximate surface area is 141 Å². The lowest BCUT2D eigenvalue weighted by atomic mass is 10.0. The summed E-state index contributed by atoms with van der Waals surface area (Å²) in [5.74, 6) is -0.455. The highest BCUT2D eigenvalue weighted by Gasteiger charge is 2.34. The fourth-order valence-corrected chi connectivity index (χ4v) is 3.65. The molecule has 2 fully saturated rings. The molecule has 0 saturated carbocycles. The molecule has 0 bridgehead atoms. The molecule has 6 heteroatoms. The maximum absolute atomic E-state index is 13.4. The first-order chi connectivity index (χ1) is 11.6. The molecule has 2 heterocycles. The third kappa shape index (κ3) is 3.52. The molecular formula is C18H24FN3O2. The molecule has 0 spiro atoms. The zero-order valence-corrected chi connectivity index (χ0v) is 14.0. The lowest BCUT2D eigenvalue weighted by Gasteiger charge is -2.35. The Balaban J connectivity index is 1.62. The van der Waals surface area contributed by atoms with E-state index in [2.05, 4.69) is 12.2 Å². The summed E-state index contributed by atoms with van der Waals surface area (Å²) in [6.07, 6.45) is 4.45. The predicted molar refractivity (Wildman–Crippen MR) is 90.3 cm³/mol. The average molecular weight is 333 g/mol. The molecule has 2 aliphatic heterocycles. The highest BCUT2D eigenvalue weighted by atomic mass is 19.1. The van der Waals surface area contributed by atoms with Crippen LogP contribution in [0, 0.1) is 5.82 Å². The number of amides is 3. The van der Waals surface area contributed by atoms with Gasteiger partial charge in [0.2, 0.25) is 5.91 Å². The lowest BCUT2D eigenvalue weighted by molar-refractivity contribution is -0.117. The SMILES string of the molecule is CC[C@@H]1CCCCN1C(=O)N[C@H]1CC(=O)N(c2cccc(F)c2)C1. The van der Waals surface area contributed by atoms with E-state index in [4.69, 9.17) is 0 Å². The van der Waals surface area contributed by atoms with Crippen molar-refractivity contribution in [3.05, 3.63) is 30.1 Å². The highest BCUT2D eigenvalue weighted by Crippen LogP contribution is 2.23. The van der Waals surface area contributed by atoms with Crippen LogP contribution < -0.4 is 10.2 Å².